The van der Waals surface area contributed by atoms with Crippen LogP contribution >= 0.6 is 22.9 Å². The fraction of sp³-hybridized carbons (Fsp3) is 0.235. The summed E-state index contributed by atoms with van der Waals surface area (Å²) in [6, 6.07) is 9.03. The maximum Gasteiger partial charge on any atom is 0.262 e. The Morgan fingerprint density at radius 1 is 1.08 bits per heavy atom. The SMILES string of the molecule is CC(NC(=O)C(C)N1C(=O)c2ccccc2C1=O)c1ccc(Cl)s1. The Morgan fingerprint density at radius 2 is 1.67 bits per heavy atom. The van der Waals surface area contributed by atoms with Crippen molar-refractivity contribution >= 4 is 40.7 Å². The van der Waals surface area contributed by atoms with Gasteiger partial charge in [0.15, 0.2) is 0 Å². The van der Waals surface area contributed by atoms with Gasteiger partial charge in [-0.05, 0) is 38.1 Å². The second-order valence-corrected chi connectivity index (χ2v) is 7.32. The van der Waals surface area contributed by atoms with E-state index in [1.807, 2.05) is 13.0 Å². The Balaban J connectivity index is 1.75. The van der Waals surface area contributed by atoms with Crippen LogP contribution in [0.3, 0.4) is 0 Å². The standard InChI is InChI=1S/C17H15ClN2O3S/c1-9(13-7-8-14(18)24-13)19-15(21)10(2)20-16(22)11-5-3-4-6-12(11)17(20)23/h3-10H,1-2H3,(H,19,21). The molecule has 0 fully saturated rings. The molecule has 5 nitrogen and oxygen atoms in total. The molecule has 1 aliphatic heterocycles. The summed E-state index contributed by atoms with van der Waals surface area (Å²) in [4.78, 5) is 39.2. The van der Waals surface area contributed by atoms with E-state index in [1.54, 1.807) is 37.3 Å². The summed E-state index contributed by atoms with van der Waals surface area (Å²) in [7, 11) is 0. The normalized spacial score (nSPS) is 16.0. The van der Waals surface area contributed by atoms with Gasteiger partial charge in [0.2, 0.25) is 5.91 Å². The Morgan fingerprint density at radius 3 is 2.17 bits per heavy atom. The van der Waals surface area contributed by atoms with E-state index in [0.29, 0.717) is 15.5 Å². The zero-order valence-electron chi connectivity index (χ0n) is 13.1. The molecule has 2 unspecified atom stereocenters. The number of rotatable bonds is 4. The first kappa shape index (κ1) is 16.7. The van der Waals surface area contributed by atoms with Gasteiger partial charge in [0.1, 0.15) is 6.04 Å². The minimum absolute atomic E-state index is 0.257. The maximum atomic E-state index is 12.5. The third-order valence-corrected chi connectivity index (χ3v) is 5.39. The fourth-order valence-electron chi connectivity index (χ4n) is 2.64. The van der Waals surface area contributed by atoms with Gasteiger partial charge < -0.3 is 5.32 Å². The molecule has 1 N–H and O–H groups in total. The number of halogens is 1. The number of imide groups is 1. The molecule has 1 aromatic carbocycles. The molecule has 7 heteroatoms. The van der Waals surface area contributed by atoms with E-state index in [4.69, 9.17) is 11.6 Å². The van der Waals surface area contributed by atoms with Crippen molar-refractivity contribution in [2.24, 2.45) is 0 Å². The smallest absolute Gasteiger partial charge is 0.262 e. The van der Waals surface area contributed by atoms with Crippen molar-refractivity contribution in [3.8, 4) is 0 Å². The Kier molecular flexibility index (Phi) is 4.43. The van der Waals surface area contributed by atoms with Gasteiger partial charge in [0.05, 0.1) is 21.5 Å². The van der Waals surface area contributed by atoms with Crippen molar-refractivity contribution in [3.05, 3.63) is 56.7 Å². The molecule has 0 saturated carbocycles. The minimum Gasteiger partial charge on any atom is -0.347 e. The molecular weight excluding hydrogens is 348 g/mol. The number of fused-ring (bicyclic) bond motifs is 1. The van der Waals surface area contributed by atoms with E-state index < -0.39 is 17.9 Å². The van der Waals surface area contributed by atoms with Gasteiger partial charge in [-0.15, -0.1) is 11.3 Å². The molecule has 3 amide bonds. The van der Waals surface area contributed by atoms with Crippen LogP contribution in [0.25, 0.3) is 0 Å². The topological polar surface area (TPSA) is 66.5 Å². The van der Waals surface area contributed by atoms with Crippen molar-refractivity contribution in [2.45, 2.75) is 25.9 Å². The van der Waals surface area contributed by atoms with Crippen LogP contribution in [0.5, 0.6) is 0 Å². The molecule has 1 aliphatic rings. The lowest BCUT2D eigenvalue weighted by Crippen LogP contribution is -2.48. The molecule has 3 rings (SSSR count). The second-order valence-electron chi connectivity index (χ2n) is 5.57. The summed E-state index contributed by atoms with van der Waals surface area (Å²) < 4.78 is 0.638. The minimum atomic E-state index is -0.893. The van der Waals surface area contributed by atoms with Gasteiger partial charge in [-0.25, -0.2) is 0 Å². The summed E-state index contributed by atoms with van der Waals surface area (Å²) in [6.45, 7) is 3.38. The van der Waals surface area contributed by atoms with E-state index in [1.165, 1.54) is 11.3 Å². The predicted octanol–water partition coefficient (Wildman–Crippen LogP) is 3.26. The summed E-state index contributed by atoms with van der Waals surface area (Å²) in [5.74, 6) is -1.27. The first-order chi connectivity index (χ1) is 11.4. The molecule has 2 heterocycles. The number of hydrogen-bond acceptors (Lipinski definition) is 4. The number of hydrogen-bond donors (Lipinski definition) is 1. The second kappa shape index (κ2) is 6.37. The maximum absolute atomic E-state index is 12.5. The van der Waals surface area contributed by atoms with Gasteiger partial charge in [-0.3, -0.25) is 19.3 Å². The van der Waals surface area contributed by atoms with Gasteiger partial charge in [-0.2, -0.15) is 0 Å². The largest absolute Gasteiger partial charge is 0.347 e. The van der Waals surface area contributed by atoms with Crippen LogP contribution < -0.4 is 5.32 Å². The zero-order chi connectivity index (χ0) is 17.4. The molecule has 0 spiro atoms. The van der Waals surface area contributed by atoms with Gasteiger partial charge in [0.25, 0.3) is 11.8 Å². The number of thiophene rings is 1. The van der Waals surface area contributed by atoms with Gasteiger partial charge >= 0.3 is 0 Å². The van der Waals surface area contributed by atoms with Gasteiger partial charge in [-0.1, -0.05) is 23.7 Å². The quantitative estimate of drug-likeness (QED) is 0.849. The highest BCUT2D eigenvalue weighted by molar-refractivity contribution is 7.16. The average Bonchev–Trinajstić information content (AvgIpc) is 3.10. The molecule has 1 aromatic heterocycles. The van der Waals surface area contributed by atoms with Crippen LogP contribution in [-0.4, -0.2) is 28.7 Å². The summed E-state index contributed by atoms with van der Waals surface area (Å²) >= 11 is 7.28. The van der Waals surface area contributed by atoms with Crippen LogP contribution in [0.15, 0.2) is 36.4 Å². The van der Waals surface area contributed by atoms with Crippen LogP contribution in [0.4, 0.5) is 0 Å². The number of carbonyl (C=O) groups is 3. The fourth-order valence-corrected chi connectivity index (χ4v) is 3.71. The molecule has 0 bridgehead atoms. The molecule has 124 valence electrons. The third-order valence-electron chi connectivity index (χ3n) is 3.97. The zero-order valence-corrected chi connectivity index (χ0v) is 14.6. The van der Waals surface area contributed by atoms with Crippen molar-refractivity contribution in [1.82, 2.24) is 10.2 Å². The lowest BCUT2D eigenvalue weighted by atomic mass is 10.1. The van der Waals surface area contributed by atoms with Crippen LogP contribution in [0.1, 0.15) is 45.5 Å². The molecule has 0 aliphatic carbocycles. The highest BCUT2D eigenvalue weighted by Crippen LogP contribution is 2.28. The number of nitrogens with one attached hydrogen (secondary N) is 1. The molecule has 2 aromatic rings. The van der Waals surface area contributed by atoms with Crippen LogP contribution in [0.2, 0.25) is 4.34 Å². The number of amides is 3. The third kappa shape index (κ3) is 2.83. The van der Waals surface area contributed by atoms with E-state index in [0.717, 1.165) is 9.78 Å². The highest BCUT2D eigenvalue weighted by Gasteiger charge is 2.40. The predicted molar refractivity (Wildman–Crippen MR) is 92.3 cm³/mol. The Hall–Kier alpha value is -2.18. The van der Waals surface area contributed by atoms with Crippen molar-refractivity contribution in [1.29, 1.82) is 0 Å². The summed E-state index contributed by atoms with van der Waals surface area (Å²) in [5, 5.41) is 2.82. The monoisotopic (exact) mass is 362 g/mol. The first-order valence-corrected chi connectivity index (χ1v) is 8.62. The average molecular weight is 363 g/mol. The van der Waals surface area contributed by atoms with Crippen molar-refractivity contribution < 1.29 is 14.4 Å². The van der Waals surface area contributed by atoms with Crippen molar-refractivity contribution in [2.75, 3.05) is 0 Å². The Bertz CT molecular complexity index is 798. The van der Waals surface area contributed by atoms with E-state index in [2.05, 4.69) is 5.32 Å². The molecule has 24 heavy (non-hydrogen) atoms. The van der Waals surface area contributed by atoms with Gasteiger partial charge in [0, 0.05) is 4.88 Å². The highest BCUT2D eigenvalue weighted by atomic mass is 35.5. The van der Waals surface area contributed by atoms with Crippen LogP contribution in [-0.2, 0) is 4.79 Å². The number of benzene rings is 1. The summed E-state index contributed by atoms with van der Waals surface area (Å²) in [6.07, 6.45) is 0. The Labute approximate surface area is 148 Å². The molecule has 2 atom stereocenters. The van der Waals surface area contributed by atoms with Crippen LogP contribution in [0, 0.1) is 0 Å². The lowest BCUT2D eigenvalue weighted by Gasteiger charge is -2.23. The molecule has 0 saturated heterocycles. The van der Waals surface area contributed by atoms with E-state index in [9.17, 15) is 14.4 Å². The first-order valence-electron chi connectivity index (χ1n) is 7.42. The number of carbonyl (C=O) groups excluding carboxylic acids is 3. The lowest BCUT2D eigenvalue weighted by molar-refractivity contribution is -0.125. The number of nitrogens with zero attached hydrogens (tertiary/aromatic N) is 1. The van der Waals surface area contributed by atoms with Crippen molar-refractivity contribution in [3.63, 3.8) is 0 Å². The summed E-state index contributed by atoms with van der Waals surface area (Å²) in [5.41, 5.74) is 0.667. The van der Waals surface area contributed by atoms with E-state index in [-0.39, 0.29) is 11.9 Å². The van der Waals surface area contributed by atoms with E-state index >= 15 is 0 Å². The molecular formula is C17H15ClN2O3S. The molecule has 0 radical (unpaired) electrons.